The molecule has 1 heteroatoms. The summed E-state index contributed by atoms with van der Waals surface area (Å²) < 4.78 is 0. The molecule has 12 heavy (non-hydrogen) atoms. The first-order valence-corrected chi connectivity index (χ1v) is 5.32. The van der Waals surface area contributed by atoms with Crippen molar-refractivity contribution in [3.8, 4) is 0 Å². The largest absolute Gasteiger partial charge is 0.328 e. The normalized spacial score (nSPS) is 32.0. The fraction of sp³-hybridized carbons (Fsp3) is 1.00. The molecule has 1 rings (SSSR count). The monoisotopic (exact) mass is 169 g/mol. The molecule has 2 N–H and O–H groups in total. The second kappa shape index (κ2) is 3.78. The van der Waals surface area contributed by atoms with Crippen molar-refractivity contribution >= 4 is 0 Å². The third kappa shape index (κ3) is 2.22. The quantitative estimate of drug-likeness (QED) is 0.675. The van der Waals surface area contributed by atoms with Gasteiger partial charge in [0.25, 0.3) is 0 Å². The smallest absolute Gasteiger partial charge is 0.00390 e. The summed E-state index contributed by atoms with van der Waals surface area (Å²) in [5.74, 6) is 0.919. The van der Waals surface area contributed by atoms with Crippen LogP contribution < -0.4 is 5.73 Å². The van der Waals surface area contributed by atoms with Crippen LogP contribution in [0.2, 0.25) is 0 Å². The lowest BCUT2D eigenvalue weighted by molar-refractivity contribution is 0.145. The summed E-state index contributed by atoms with van der Waals surface area (Å²) in [5.41, 5.74) is 6.42. The molecule has 0 atom stereocenters. The minimum absolute atomic E-state index is 0.494. The van der Waals surface area contributed by atoms with Gasteiger partial charge in [0.2, 0.25) is 0 Å². The van der Waals surface area contributed by atoms with E-state index in [0.717, 1.165) is 5.92 Å². The van der Waals surface area contributed by atoms with Gasteiger partial charge in [-0.15, -0.1) is 0 Å². The molecule has 0 bridgehead atoms. The van der Waals surface area contributed by atoms with Gasteiger partial charge < -0.3 is 5.73 Å². The minimum atomic E-state index is 0.494. The molecule has 1 nitrogen and oxygen atoms in total. The predicted octanol–water partition coefficient (Wildman–Crippen LogP) is 2.94. The van der Waals surface area contributed by atoms with Crippen LogP contribution in [0, 0.1) is 11.3 Å². The van der Waals surface area contributed by atoms with Gasteiger partial charge in [0, 0.05) is 6.04 Å². The van der Waals surface area contributed by atoms with Crippen LogP contribution in [0.3, 0.4) is 0 Å². The van der Waals surface area contributed by atoms with Crippen molar-refractivity contribution in [3.05, 3.63) is 0 Å². The fourth-order valence-corrected chi connectivity index (χ4v) is 2.19. The Morgan fingerprint density at radius 3 is 2.08 bits per heavy atom. The highest BCUT2D eigenvalue weighted by Gasteiger charge is 2.30. The third-order valence-corrected chi connectivity index (χ3v) is 3.79. The Morgan fingerprint density at radius 2 is 1.67 bits per heavy atom. The van der Waals surface area contributed by atoms with Crippen LogP contribution in [0.4, 0.5) is 0 Å². The second-order valence-electron chi connectivity index (χ2n) is 4.95. The van der Waals surface area contributed by atoms with Gasteiger partial charge in [-0.1, -0.05) is 27.2 Å². The van der Waals surface area contributed by atoms with Crippen LogP contribution in [0.15, 0.2) is 0 Å². The maximum Gasteiger partial charge on any atom is 0.00390 e. The molecule has 1 aliphatic rings. The van der Waals surface area contributed by atoms with Crippen LogP contribution >= 0.6 is 0 Å². The average Bonchev–Trinajstić information content (AvgIpc) is 2.05. The topological polar surface area (TPSA) is 26.0 Å². The van der Waals surface area contributed by atoms with Crippen molar-refractivity contribution in [2.24, 2.45) is 17.1 Å². The predicted molar refractivity (Wildman–Crippen MR) is 54.0 cm³/mol. The Hall–Kier alpha value is -0.0400. The fourth-order valence-electron chi connectivity index (χ4n) is 2.19. The molecule has 0 radical (unpaired) electrons. The van der Waals surface area contributed by atoms with E-state index in [-0.39, 0.29) is 0 Å². The summed E-state index contributed by atoms with van der Waals surface area (Å²) >= 11 is 0. The number of hydrogen-bond acceptors (Lipinski definition) is 1. The highest BCUT2D eigenvalue weighted by Crippen LogP contribution is 2.39. The van der Waals surface area contributed by atoms with Crippen molar-refractivity contribution in [1.82, 2.24) is 0 Å². The highest BCUT2D eigenvalue weighted by molar-refractivity contribution is 4.83. The van der Waals surface area contributed by atoms with Crippen molar-refractivity contribution < 1.29 is 0 Å². The van der Waals surface area contributed by atoms with Gasteiger partial charge >= 0.3 is 0 Å². The highest BCUT2D eigenvalue weighted by atomic mass is 14.6. The molecule has 0 aromatic carbocycles. The molecule has 1 aliphatic carbocycles. The zero-order chi connectivity index (χ0) is 9.19. The van der Waals surface area contributed by atoms with E-state index >= 15 is 0 Å². The Bertz CT molecular complexity index is 132. The van der Waals surface area contributed by atoms with Gasteiger partial charge in [-0.05, 0) is 37.0 Å². The molecule has 0 heterocycles. The van der Waals surface area contributed by atoms with Crippen LogP contribution in [0.25, 0.3) is 0 Å². The molecule has 0 aliphatic heterocycles. The molecule has 1 fully saturated rings. The zero-order valence-corrected chi connectivity index (χ0v) is 8.77. The number of hydrogen-bond donors (Lipinski definition) is 1. The Morgan fingerprint density at radius 1 is 1.17 bits per heavy atom. The first-order valence-electron chi connectivity index (χ1n) is 5.32. The Balaban J connectivity index is 2.44. The maximum absolute atomic E-state index is 5.88. The van der Waals surface area contributed by atoms with Gasteiger partial charge in [0.15, 0.2) is 0 Å². The Kier molecular flexibility index (Phi) is 3.16. The van der Waals surface area contributed by atoms with Crippen molar-refractivity contribution in [2.45, 2.75) is 58.9 Å². The van der Waals surface area contributed by atoms with E-state index in [2.05, 4.69) is 20.8 Å². The molecule has 1 saturated carbocycles. The summed E-state index contributed by atoms with van der Waals surface area (Å²) in [5, 5.41) is 0. The lowest BCUT2D eigenvalue weighted by atomic mass is 9.69. The van der Waals surface area contributed by atoms with E-state index in [9.17, 15) is 0 Å². The molecule has 0 aromatic rings. The summed E-state index contributed by atoms with van der Waals surface area (Å²) in [6.45, 7) is 7.09. The van der Waals surface area contributed by atoms with E-state index in [0.29, 0.717) is 11.5 Å². The van der Waals surface area contributed by atoms with E-state index in [1.54, 1.807) is 0 Å². The van der Waals surface area contributed by atoms with Crippen molar-refractivity contribution in [1.29, 1.82) is 0 Å². The second-order valence-corrected chi connectivity index (χ2v) is 4.95. The zero-order valence-electron chi connectivity index (χ0n) is 8.77. The molecular weight excluding hydrogens is 146 g/mol. The van der Waals surface area contributed by atoms with Gasteiger partial charge in [-0.3, -0.25) is 0 Å². The molecule has 0 spiro atoms. The van der Waals surface area contributed by atoms with Gasteiger partial charge in [0.1, 0.15) is 0 Å². The van der Waals surface area contributed by atoms with Crippen molar-refractivity contribution in [2.75, 3.05) is 0 Å². The first-order chi connectivity index (χ1) is 5.56. The van der Waals surface area contributed by atoms with Crippen LogP contribution in [-0.2, 0) is 0 Å². The van der Waals surface area contributed by atoms with Crippen LogP contribution in [-0.4, -0.2) is 6.04 Å². The van der Waals surface area contributed by atoms with E-state index < -0.39 is 0 Å². The van der Waals surface area contributed by atoms with Crippen molar-refractivity contribution in [3.63, 3.8) is 0 Å². The average molecular weight is 169 g/mol. The molecule has 0 saturated heterocycles. The van der Waals surface area contributed by atoms with Crippen LogP contribution in [0.5, 0.6) is 0 Å². The molecule has 0 unspecified atom stereocenters. The molecule has 0 amide bonds. The van der Waals surface area contributed by atoms with E-state index in [1.165, 1.54) is 32.1 Å². The lowest BCUT2D eigenvalue weighted by Gasteiger charge is -2.38. The molecule has 0 aromatic heterocycles. The summed E-state index contributed by atoms with van der Waals surface area (Å²) in [7, 11) is 0. The maximum atomic E-state index is 5.88. The SMILES string of the molecule is CCC(C)(C)C1CCC(N)CC1. The minimum Gasteiger partial charge on any atom is -0.328 e. The standard InChI is InChI=1S/C11H23N/c1-4-11(2,3)9-5-7-10(12)8-6-9/h9-10H,4-8,12H2,1-3H3. The first kappa shape index (κ1) is 10.0. The number of rotatable bonds is 2. The van der Waals surface area contributed by atoms with E-state index in [1.807, 2.05) is 0 Å². The van der Waals surface area contributed by atoms with Crippen LogP contribution in [0.1, 0.15) is 52.9 Å². The van der Waals surface area contributed by atoms with E-state index in [4.69, 9.17) is 5.73 Å². The summed E-state index contributed by atoms with van der Waals surface area (Å²) in [6.07, 6.45) is 6.49. The molecule has 72 valence electrons. The Labute approximate surface area is 76.7 Å². The third-order valence-electron chi connectivity index (χ3n) is 3.79. The van der Waals surface area contributed by atoms with Gasteiger partial charge in [0.05, 0.1) is 0 Å². The summed E-state index contributed by atoms with van der Waals surface area (Å²) in [6, 6.07) is 0.494. The molecular formula is C11H23N. The lowest BCUT2D eigenvalue weighted by Crippen LogP contribution is -2.33. The van der Waals surface area contributed by atoms with Gasteiger partial charge in [-0.25, -0.2) is 0 Å². The summed E-state index contributed by atoms with van der Waals surface area (Å²) in [4.78, 5) is 0. The number of nitrogens with two attached hydrogens (primary N) is 1. The van der Waals surface area contributed by atoms with Gasteiger partial charge in [-0.2, -0.15) is 0 Å².